The van der Waals surface area contributed by atoms with Gasteiger partial charge in [-0.3, -0.25) is 0 Å². The predicted octanol–water partition coefficient (Wildman–Crippen LogP) is 3.96. The van der Waals surface area contributed by atoms with Crippen LogP contribution in [0.15, 0.2) is 0 Å². The van der Waals surface area contributed by atoms with Crippen LogP contribution in [-0.2, 0) is 0 Å². The molecule has 0 saturated heterocycles. The van der Waals surface area contributed by atoms with Crippen molar-refractivity contribution in [3.8, 4) is 0 Å². The van der Waals surface area contributed by atoms with E-state index in [1.54, 1.807) is 0 Å². The molecule has 2 atom stereocenters. The molecule has 2 aliphatic carbocycles. The summed E-state index contributed by atoms with van der Waals surface area (Å²) in [6.45, 7) is 8.27. The first-order valence-corrected chi connectivity index (χ1v) is 5.41. The van der Waals surface area contributed by atoms with Gasteiger partial charge in [-0.15, -0.1) is 0 Å². The van der Waals surface area contributed by atoms with Crippen LogP contribution in [0.5, 0.6) is 0 Å². The van der Waals surface area contributed by atoms with E-state index in [0.29, 0.717) is 11.8 Å². The third kappa shape index (κ3) is 1.72. The Hall–Kier alpha value is -0.140. The van der Waals surface area contributed by atoms with Crippen molar-refractivity contribution in [2.45, 2.75) is 46.5 Å². The molecule has 2 aliphatic rings. The lowest BCUT2D eigenvalue weighted by Crippen LogP contribution is -2.12. The molecule has 0 spiro atoms. The highest BCUT2D eigenvalue weighted by Crippen LogP contribution is 2.66. The largest absolute Gasteiger partial charge is 0.254 e. The Bertz CT molecular complexity index is 161. The summed E-state index contributed by atoms with van der Waals surface area (Å²) in [6.07, 6.45) is 1.55. The van der Waals surface area contributed by atoms with Crippen LogP contribution >= 0.6 is 0 Å². The Morgan fingerprint density at radius 1 is 1.08 bits per heavy atom. The summed E-state index contributed by atoms with van der Waals surface area (Å²) in [5, 5.41) is 0. The van der Waals surface area contributed by atoms with Crippen molar-refractivity contribution in [3.05, 3.63) is 0 Å². The van der Waals surface area contributed by atoms with E-state index in [2.05, 4.69) is 13.8 Å². The van der Waals surface area contributed by atoms with E-state index in [-0.39, 0.29) is 11.8 Å². The van der Waals surface area contributed by atoms with Crippen LogP contribution in [0, 0.1) is 23.7 Å². The zero-order valence-electron chi connectivity index (χ0n) is 8.98. The molecular weight excluding hydrogens is 170 g/mol. The monoisotopic (exact) mass is 190 g/mol. The van der Waals surface area contributed by atoms with Gasteiger partial charge in [0.05, 0.1) is 0 Å². The molecule has 0 N–H and O–H groups in total. The molecule has 13 heavy (non-hydrogen) atoms. The Balaban J connectivity index is 0.000000396. The smallest absolute Gasteiger partial charge is 0.206 e. The average molecular weight is 190 g/mol. The summed E-state index contributed by atoms with van der Waals surface area (Å²) < 4.78 is 25.4. The van der Waals surface area contributed by atoms with Crippen molar-refractivity contribution >= 4 is 0 Å². The Morgan fingerprint density at radius 2 is 1.46 bits per heavy atom. The van der Waals surface area contributed by atoms with Gasteiger partial charge in [-0.2, -0.15) is 0 Å². The van der Waals surface area contributed by atoms with Crippen molar-refractivity contribution in [3.63, 3.8) is 0 Å². The molecule has 0 aliphatic heterocycles. The first kappa shape index (κ1) is 10.9. The minimum atomic E-state index is -2.27. The van der Waals surface area contributed by atoms with Gasteiger partial charge in [0.15, 0.2) is 0 Å². The zero-order chi connectivity index (χ0) is 10.2. The molecule has 0 aromatic rings. The van der Waals surface area contributed by atoms with Crippen LogP contribution in [0.4, 0.5) is 8.78 Å². The molecule has 0 nitrogen and oxygen atoms in total. The first-order valence-electron chi connectivity index (χ1n) is 5.41. The van der Waals surface area contributed by atoms with Gasteiger partial charge in [-0.25, -0.2) is 8.78 Å². The van der Waals surface area contributed by atoms with Gasteiger partial charge in [0, 0.05) is 11.8 Å². The van der Waals surface area contributed by atoms with Crippen molar-refractivity contribution in [1.29, 1.82) is 0 Å². The van der Waals surface area contributed by atoms with E-state index in [1.165, 1.54) is 0 Å². The van der Waals surface area contributed by atoms with E-state index >= 15 is 0 Å². The summed E-state index contributed by atoms with van der Waals surface area (Å²) >= 11 is 0. The van der Waals surface area contributed by atoms with Gasteiger partial charge in [-0.1, -0.05) is 27.7 Å². The van der Waals surface area contributed by atoms with E-state index in [4.69, 9.17) is 0 Å². The second-order valence-electron chi connectivity index (χ2n) is 4.36. The molecular formula is C11H20F2. The highest BCUT2D eigenvalue weighted by molar-refractivity contribution is 5.11. The van der Waals surface area contributed by atoms with Crippen molar-refractivity contribution in [2.24, 2.45) is 23.7 Å². The van der Waals surface area contributed by atoms with E-state index < -0.39 is 5.92 Å². The molecule has 0 bridgehead atoms. The summed E-state index contributed by atoms with van der Waals surface area (Å²) in [6, 6.07) is 0. The van der Waals surface area contributed by atoms with E-state index in [0.717, 1.165) is 12.8 Å². The molecule has 2 fully saturated rings. The van der Waals surface area contributed by atoms with Crippen molar-refractivity contribution in [2.75, 3.05) is 0 Å². The summed E-state index contributed by atoms with van der Waals surface area (Å²) in [4.78, 5) is 0. The second-order valence-corrected chi connectivity index (χ2v) is 4.36. The second kappa shape index (κ2) is 3.55. The third-order valence-electron chi connectivity index (χ3n) is 3.42. The molecule has 2 unspecified atom stereocenters. The Kier molecular flexibility index (Phi) is 2.98. The van der Waals surface area contributed by atoms with Gasteiger partial charge >= 0.3 is 0 Å². The molecule has 0 amide bonds. The highest BCUT2D eigenvalue weighted by atomic mass is 19.3. The molecule has 2 saturated carbocycles. The lowest BCUT2D eigenvalue weighted by molar-refractivity contribution is 0.0591. The molecule has 0 aromatic heterocycles. The van der Waals surface area contributed by atoms with Gasteiger partial charge in [0.1, 0.15) is 0 Å². The maximum absolute atomic E-state index is 12.7. The maximum atomic E-state index is 12.7. The van der Waals surface area contributed by atoms with E-state index in [1.807, 2.05) is 13.8 Å². The lowest BCUT2D eigenvalue weighted by atomic mass is 9.91. The summed E-state index contributed by atoms with van der Waals surface area (Å²) in [5.41, 5.74) is 0. The standard InChI is InChI=1S/C9H14F2.C2H6/c1-5(2)6-3-7-8(4-6)9(7,10)11;1-2/h5-8H,3-4H2,1-2H3;1-2H3. The minimum Gasteiger partial charge on any atom is -0.206 e. The first-order chi connectivity index (χ1) is 6.03. The van der Waals surface area contributed by atoms with Gasteiger partial charge < -0.3 is 0 Å². The highest BCUT2D eigenvalue weighted by Gasteiger charge is 2.71. The molecule has 0 heterocycles. The van der Waals surface area contributed by atoms with Crippen LogP contribution in [0.1, 0.15) is 40.5 Å². The van der Waals surface area contributed by atoms with Crippen LogP contribution in [-0.4, -0.2) is 5.92 Å². The van der Waals surface area contributed by atoms with Crippen LogP contribution < -0.4 is 0 Å². The van der Waals surface area contributed by atoms with Crippen LogP contribution in [0.25, 0.3) is 0 Å². The minimum absolute atomic E-state index is 0.241. The van der Waals surface area contributed by atoms with Crippen LogP contribution in [0.3, 0.4) is 0 Å². The number of hydrogen-bond donors (Lipinski definition) is 0. The SMILES string of the molecule is CC.CC(C)C1CC2C(C1)C2(F)F. The van der Waals surface area contributed by atoms with Gasteiger partial charge in [0.25, 0.3) is 5.92 Å². The maximum Gasteiger partial charge on any atom is 0.254 e. The number of alkyl halides is 2. The molecule has 2 heteroatoms. The van der Waals surface area contributed by atoms with E-state index in [9.17, 15) is 8.78 Å². The van der Waals surface area contributed by atoms with Crippen LogP contribution in [0.2, 0.25) is 0 Å². The number of fused-ring (bicyclic) bond motifs is 1. The molecule has 78 valence electrons. The molecule has 0 radical (unpaired) electrons. The Morgan fingerprint density at radius 3 is 1.77 bits per heavy atom. The quantitative estimate of drug-likeness (QED) is 0.587. The van der Waals surface area contributed by atoms with Gasteiger partial charge in [-0.05, 0) is 24.7 Å². The fourth-order valence-electron chi connectivity index (χ4n) is 2.40. The number of halogens is 2. The van der Waals surface area contributed by atoms with Gasteiger partial charge in [0.2, 0.25) is 0 Å². The number of rotatable bonds is 1. The van der Waals surface area contributed by atoms with Crippen molar-refractivity contribution in [1.82, 2.24) is 0 Å². The summed E-state index contributed by atoms with van der Waals surface area (Å²) in [7, 11) is 0. The topological polar surface area (TPSA) is 0 Å². The average Bonchev–Trinajstić information content (AvgIpc) is 2.55. The zero-order valence-corrected chi connectivity index (χ0v) is 8.98. The van der Waals surface area contributed by atoms with Crippen molar-refractivity contribution < 1.29 is 8.78 Å². The summed E-state index contributed by atoms with van der Waals surface area (Å²) in [5.74, 6) is -1.58. The predicted molar refractivity (Wildman–Crippen MR) is 50.8 cm³/mol. The Labute approximate surface area is 79.7 Å². The third-order valence-corrected chi connectivity index (χ3v) is 3.42. The molecule has 0 aromatic carbocycles. The fraction of sp³-hybridized carbons (Fsp3) is 1.00. The fourth-order valence-corrected chi connectivity index (χ4v) is 2.40. The number of hydrogen-bond acceptors (Lipinski definition) is 0. The normalized spacial score (nSPS) is 39.5. The lowest BCUT2D eigenvalue weighted by Gasteiger charge is -2.17. The molecule has 2 rings (SSSR count).